The van der Waals surface area contributed by atoms with E-state index in [0.717, 1.165) is 50.4 Å². The van der Waals surface area contributed by atoms with Crippen LogP contribution in [-0.2, 0) is 4.74 Å². The zero-order valence-corrected chi connectivity index (χ0v) is 17.5. The van der Waals surface area contributed by atoms with Gasteiger partial charge in [0, 0.05) is 44.1 Å². The average molecular weight is 425 g/mol. The van der Waals surface area contributed by atoms with Crippen LogP contribution in [0.5, 0.6) is 5.75 Å². The third-order valence-corrected chi connectivity index (χ3v) is 5.80. The summed E-state index contributed by atoms with van der Waals surface area (Å²) in [6.07, 6.45) is 3.99. The molecule has 0 saturated carbocycles. The number of imidazole rings is 1. The van der Waals surface area contributed by atoms with Gasteiger partial charge in [0.05, 0.1) is 25.2 Å². The predicted octanol–water partition coefficient (Wildman–Crippen LogP) is 2.27. The lowest BCUT2D eigenvalue weighted by Gasteiger charge is -2.24. The van der Waals surface area contributed by atoms with Crippen molar-refractivity contribution >= 4 is 34.3 Å². The summed E-state index contributed by atoms with van der Waals surface area (Å²) in [6.45, 7) is 2.96. The molecule has 2 aliphatic rings. The molecule has 4 heterocycles. The first-order chi connectivity index (χ1) is 15.2. The number of nitrogens with one attached hydrogen (secondary N) is 3. The average Bonchev–Trinajstić information content (AvgIpc) is 3.44. The number of aliphatic hydroxyl groups excluding tert-OH is 1. The second-order valence-electron chi connectivity index (χ2n) is 7.92. The minimum atomic E-state index is -0.278. The Labute approximate surface area is 180 Å². The van der Waals surface area contributed by atoms with Crippen molar-refractivity contribution in [2.24, 2.45) is 0 Å². The number of anilines is 4. The number of H-pyrrole nitrogens is 1. The van der Waals surface area contributed by atoms with E-state index in [0.29, 0.717) is 41.3 Å². The maximum absolute atomic E-state index is 9.83. The highest BCUT2D eigenvalue weighted by Gasteiger charge is 2.22. The van der Waals surface area contributed by atoms with Crippen LogP contribution in [0.2, 0.25) is 0 Å². The predicted molar refractivity (Wildman–Crippen MR) is 118 cm³/mol. The van der Waals surface area contributed by atoms with Crippen LogP contribution in [0.1, 0.15) is 19.3 Å². The molecular weight excluding hydrogens is 398 g/mol. The molecule has 1 aromatic carbocycles. The van der Waals surface area contributed by atoms with E-state index in [1.165, 1.54) is 0 Å². The monoisotopic (exact) mass is 425 g/mol. The third kappa shape index (κ3) is 4.21. The lowest BCUT2D eigenvalue weighted by molar-refractivity contribution is 0.0904. The molecule has 10 nitrogen and oxygen atoms in total. The van der Waals surface area contributed by atoms with Crippen LogP contribution in [0.4, 0.5) is 23.1 Å². The van der Waals surface area contributed by atoms with Gasteiger partial charge >= 0.3 is 0 Å². The Morgan fingerprint density at radius 3 is 2.87 bits per heavy atom. The first kappa shape index (κ1) is 19.8. The van der Waals surface area contributed by atoms with Gasteiger partial charge in [-0.15, -0.1) is 0 Å². The summed E-state index contributed by atoms with van der Waals surface area (Å²) in [7, 11) is 1.64. The number of aromatic amines is 1. The molecule has 0 radical (unpaired) electrons. The number of aromatic nitrogens is 4. The summed E-state index contributed by atoms with van der Waals surface area (Å²) in [5.74, 6) is 1.84. The third-order valence-electron chi connectivity index (χ3n) is 5.80. The molecule has 2 aromatic heterocycles. The molecule has 0 aliphatic carbocycles. The molecule has 10 heteroatoms. The number of hydrogen-bond acceptors (Lipinski definition) is 9. The van der Waals surface area contributed by atoms with Crippen molar-refractivity contribution in [1.82, 2.24) is 19.9 Å². The van der Waals surface area contributed by atoms with E-state index in [9.17, 15) is 5.11 Å². The number of aliphatic hydroxyl groups is 1. The summed E-state index contributed by atoms with van der Waals surface area (Å²) in [5.41, 5.74) is 3.16. The minimum absolute atomic E-state index is 0.278. The number of fused-ring (bicyclic) bond motifs is 1. The molecular formula is C21H27N7O3. The van der Waals surface area contributed by atoms with E-state index < -0.39 is 0 Å². The Morgan fingerprint density at radius 2 is 2.10 bits per heavy atom. The Bertz CT molecular complexity index is 1050. The highest BCUT2D eigenvalue weighted by Crippen LogP contribution is 2.33. The fourth-order valence-electron chi connectivity index (χ4n) is 4.10. The van der Waals surface area contributed by atoms with Crippen LogP contribution in [0, 0.1) is 0 Å². The smallest absolute Gasteiger partial charge is 0.231 e. The van der Waals surface area contributed by atoms with Crippen molar-refractivity contribution in [3.63, 3.8) is 0 Å². The van der Waals surface area contributed by atoms with E-state index in [2.05, 4.69) is 30.5 Å². The molecule has 4 N–H and O–H groups in total. The lowest BCUT2D eigenvalue weighted by atomic mass is 10.1. The van der Waals surface area contributed by atoms with E-state index >= 15 is 0 Å². The number of hydrogen-bond donors (Lipinski definition) is 4. The fraction of sp³-hybridized carbons (Fsp3) is 0.476. The Kier molecular flexibility index (Phi) is 5.47. The molecule has 0 amide bonds. The highest BCUT2D eigenvalue weighted by molar-refractivity contribution is 5.84. The van der Waals surface area contributed by atoms with Gasteiger partial charge in [-0.3, -0.25) is 0 Å². The second-order valence-corrected chi connectivity index (χ2v) is 7.92. The first-order valence-electron chi connectivity index (χ1n) is 10.6. The Balaban J connectivity index is 1.40. The number of benzene rings is 1. The molecule has 2 fully saturated rings. The second kappa shape index (κ2) is 8.56. The van der Waals surface area contributed by atoms with Crippen LogP contribution in [0.15, 0.2) is 24.5 Å². The highest BCUT2D eigenvalue weighted by atomic mass is 16.5. The topological polar surface area (TPSA) is 120 Å². The summed E-state index contributed by atoms with van der Waals surface area (Å²) in [4.78, 5) is 18.9. The standard InChI is InChI=1S/C21H27N7O3/c1-30-17-10-14(28-7-4-15(29)11-28)2-3-16(17)25-21-26-19-18(22-12-23-19)20(27-21)24-13-5-8-31-9-6-13/h2-3,10,12-13,15,29H,4-9,11H2,1H3,(H3,22,23,24,25,26,27)/t15-/m0/s1. The van der Waals surface area contributed by atoms with Crippen molar-refractivity contribution in [1.29, 1.82) is 0 Å². The molecule has 3 aromatic rings. The maximum atomic E-state index is 9.83. The van der Waals surface area contributed by atoms with Crippen molar-refractivity contribution in [2.45, 2.75) is 31.4 Å². The molecule has 164 valence electrons. The summed E-state index contributed by atoms with van der Waals surface area (Å²) < 4.78 is 11.1. The fourth-order valence-corrected chi connectivity index (χ4v) is 4.10. The van der Waals surface area contributed by atoms with Crippen molar-refractivity contribution in [2.75, 3.05) is 48.9 Å². The summed E-state index contributed by atoms with van der Waals surface area (Å²) >= 11 is 0. The quantitative estimate of drug-likeness (QED) is 0.471. The molecule has 1 atom stereocenters. The van der Waals surface area contributed by atoms with Gasteiger partial charge < -0.3 is 35.1 Å². The largest absolute Gasteiger partial charge is 0.494 e. The van der Waals surface area contributed by atoms with Crippen LogP contribution < -0.4 is 20.3 Å². The number of rotatable bonds is 6. The van der Waals surface area contributed by atoms with Crippen molar-refractivity contribution in [3.8, 4) is 5.75 Å². The molecule has 2 saturated heterocycles. The van der Waals surface area contributed by atoms with Crippen LogP contribution in [0.3, 0.4) is 0 Å². The summed E-state index contributed by atoms with van der Waals surface area (Å²) in [5, 5.41) is 16.6. The van der Waals surface area contributed by atoms with Gasteiger partial charge in [-0.2, -0.15) is 9.97 Å². The van der Waals surface area contributed by atoms with Gasteiger partial charge in [-0.05, 0) is 31.4 Å². The molecule has 0 bridgehead atoms. The maximum Gasteiger partial charge on any atom is 0.231 e. The van der Waals surface area contributed by atoms with E-state index in [1.54, 1.807) is 13.4 Å². The SMILES string of the molecule is COc1cc(N2CC[C@H](O)C2)ccc1Nc1nc(NC2CCOCC2)c2nc[nH]c2n1. The molecule has 0 unspecified atom stereocenters. The first-order valence-corrected chi connectivity index (χ1v) is 10.6. The lowest BCUT2D eigenvalue weighted by Crippen LogP contribution is -2.28. The summed E-state index contributed by atoms with van der Waals surface area (Å²) in [6, 6.07) is 6.22. The van der Waals surface area contributed by atoms with Gasteiger partial charge in [0.15, 0.2) is 11.5 Å². The van der Waals surface area contributed by atoms with Gasteiger partial charge in [-0.1, -0.05) is 0 Å². The Morgan fingerprint density at radius 1 is 1.23 bits per heavy atom. The van der Waals surface area contributed by atoms with Crippen LogP contribution in [-0.4, -0.2) is 70.6 Å². The zero-order chi connectivity index (χ0) is 21.2. The van der Waals surface area contributed by atoms with Gasteiger partial charge in [0.2, 0.25) is 5.95 Å². The number of nitrogens with zero attached hydrogens (tertiary/aromatic N) is 4. The van der Waals surface area contributed by atoms with Gasteiger partial charge in [0.25, 0.3) is 0 Å². The number of β-amino-alcohol motifs (C(OH)–C–C–N with tert-alkyl or cyclic N) is 1. The normalized spacial score (nSPS) is 19.7. The zero-order valence-electron chi connectivity index (χ0n) is 17.5. The minimum Gasteiger partial charge on any atom is -0.494 e. The number of methoxy groups -OCH3 is 1. The molecule has 2 aliphatic heterocycles. The van der Waals surface area contributed by atoms with E-state index in [1.807, 2.05) is 18.2 Å². The van der Waals surface area contributed by atoms with Crippen molar-refractivity contribution in [3.05, 3.63) is 24.5 Å². The molecule has 31 heavy (non-hydrogen) atoms. The van der Waals surface area contributed by atoms with Gasteiger partial charge in [0.1, 0.15) is 11.3 Å². The molecule has 0 spiro atoms. The molecule has 5 rings (SSSR count). The van der Waals surface area contributed by atoms with Crippen LogP contribution in [0.25, 0.3) is 11.2 Å². The van der Waals surface area contributed by atoms with E-state index in [-0.39, 0.29) is 6.10 Å². The van der Waals surface area contributed by atoms with Crippen LogP contribution >= 0.6 is 0 Å². The van der Waals surface area contributed by atoms with E-state index in [4.69, 9.17) is 14.5 Å². The number of ether oxygens (including phenoxy) is 2. The van der Waals surface area contributed by atoms with Crippen molar-refractivity contribution < 1.29 is 14.6 Å². The Hall–Kier alpha value is -3.11. The van der Waals surface area contributed by atoms with Gasteiger partial charge in [-0.25, -0.2) is 4.98 Å².